The van der Waals surface area contributed by atoms with E-state index in [2.05, 4.69) is 80.5 Å². The van der Waals surface area contributed by atoms with Crippen molar-refractivity contribution in [3.05, 3.63) is 21.5 Å². The normalized spacial score (nSPS) is 17.3. The molecular formula is C20H38Zr. The van der Waals surface area contributed by atoms with E-state index in [0.717, 1.165) is 0 Å². The summed E-state index contributed by atoms with van der Waals surface area (Å²) < 4.78 is 6.35. The Morgan fingerprint density at radius 3 is 1.38 bits per heavy atom. The van der Waals surface area contributed by atoms with Crippen molar-refractivity contribution in [3.63, 3.8) is 0 Å². The summed E-state index contributed by atoms with van der Waals surface area (Å²) in [6.45, 7) is 22.1. The summed E-state index contributed by atoms with van der Waals surface area (Å²) in [4.78, 5) is 0. The van der Waals surface area contributed by atoms with Gasteiger partial charge in [0.2, 0.25) is 0 Å². The molecule has 0 atom stereocenters. The van der Waals surface area contributed by atoms with Gasteiger partial charge in [-0.25, -0.2) is 0 Å². The summed E-state index contributed by atoms with van der Waals surface area (Å²) in [5, 5.41) is 0. The maximum absolute atomic E-state index is 2.50. The number of allylic oxidation sites excluding steroid dienone is 4. The van der Waals surface area contributed by atoms with Gasteiger partial charge in [0.25, 0.3) is 0 Å². The fourth-order valence-electron chi connectivity index (χ4n) is 4.41. The molecule has 0 amide bonds. The van der Waals surface area contributed by atoms with Crippen LogP contribution in [0.1, 0.15) is 68.7 Å². The summed E-state index contributed by atoms with van der Waals surface area (Å²) in [5.74, 6) is 0. The molecule has 0 unspecified atom stereocenters. The van der Waals surface area contributed by atoms with E-state index in [1.807, 2.05) is 3.28 Å². The molecule has 0 aromatic heterocycles. The Balaban J connectivity index is 3.25. The van der Waals surface area contributed by atoms with E-state index in [9.17, 15) is 0 Å². The van der Waals surface area contributed by atoms with E-state index in [1.54, 1.807) is 0 Å². The molecule has 0 saturated carbocycles. The summed E-state index contributed by atoms with van der Waals surface area (Å²) in [5.41, 5.74) is 1.36. The molecule has 0 saturated heterocycles. The molecule has 0 heterocycles. The van der Waals surface area contributed by atoms with Crippen LogP contribution in [-0.2, 0) is 20.3 Å². The molecule has 122 valence electrons. The van der Waals surface area contributed by atoms with Gasteiger partial charge < -0.3 is 0 Å². The van der Waals surface area contributed by atoms with Crippen LogP contribution in [0.5, 0.6) is 0 Å². The molecule has 21 heavy (non-hydrogen) atoms. The summed E-state index contributed by atoms with van der Waals surface area (Å²) in [6, 6.07) is 0. The zero-order valence-electron chi connectivity index (χ0n) is 16.1. The molecule has 0 nitrogen and oxygen atoms in total. The Hall–Kier alpha value is 0.363. The summed E-state index contributed by atoms with van der Waals surface area (Å²) in [7, 11) is 0. The van der Waals surface area contributed by atoms with Crippen molar-refractivity contribution in [2.45, 2.75) is 81.1 Å². The van der Waals surface area contributed by atoms with E-state index in [0.29, 0.717) is 16.2 Å². The zero-order chi connectivity index (χ0) is 16.5. The van der Waals surface area contributed by atoms with Gasteiger partial charge in [0.15, 0.2) is 0 Å². The van der Waals surface area contributed by atoms with Gasteiger partial charge in [-0.05, 0) is 0 Å². The van der Waals surface area contributed by atoms with Gasteiger partial charge in [-0.3, -0.25) is 0 Å². The fraction of sp³-hybridized carbons (Fsp3) is 0.800. The van der Waals surface area contributed by atoms with Crippen molar-refractivity contribution in [2.75, 3.05) is 0 Å². The van der Waals surface area contributed by atoms with E-state index in [-0.39, 0.29) is 0 Å². The average molecular weight is 370 g/mol. The standard InChI is InChI=1S/C5H5.3C5H11.Zr/c1-2-4-5-3-1;3*1-5(2,3)4;/h1-3H,4H2;3*1H2,2-4H3;. The van der Waals surface area contributed by atoms with Crippen LogP contribution in [0.4, 0.5) is 0 Å². The first-order valence-corrected chi connectivity index (χ1v) is 15.0. The molecule has 0 aromatic rings. The van der Waals surface area contributed by atoms with Crippen molar-refractivity contribution < 1.29 is 20.3 Å². The van der Waals surface area contributed by atoms with E-state index in [1.165, 1.54) is 18.8 Å². The Morgan fingerprint density at radius 1 is 0.762 bits per heavy atom. The van der Waals surface area contributed by atoms with Crippen molar-refractivity contribution in [1.82, 2.24) is 0 Å². The molecule has 0 aromatic carbocycles. The Morgan fingerprint density at radius 2 is 1.14 bits per heavy atom. The summed E-state index contributed by atoms with van der Waals surface area (Å²) >= 11 is -2.39. The molecule has 0 N–H and O–H groups in total. The SMILES string of the molecule is CC(C)(C)[CH2][Zr]([CH2]C(C)(C)C)([CH2]C(C)(C)C)[C]1=CC=CC1. The van der Waals surface area contributed by atoms with Crippen LogP contribution < -0.4 is 0 Å². The van der Waals surface area contributed by atoms with Gasteiger partial charge in [0.05, 0.1) is 0 Å². The van der Waals surface area contributed by atoms with Gasteiger partial charge in [0.1, 0.15) is 0 Å². The molecule has 1 rings (SSSR count). The minimum absolute atomic E-state index is 0.454. The van der Waals surface area contributed by atoms with Crippen molar-refractivity contribution in [3.8, 4) is 0 Å². The predicted octanol–water partition coefficient (Wildman–Crippen LogP) is 7.38. The zero-order valence-corrected chi connectivity index (χ0v) is 18.5. The second-order valence-electron chi connectivity index (χ2n) is 10.8. The first-order chi connectivity index (χ1) is 9.23. The molecule has 0 spiro atoms. The molecule has 0 radical (unpaired) electrons. The van der Waals surface area contributed by atoms with Crippen molar-refractivity contribution >= 4 is 0 Å². The van der Waals surface area contributed by atoms with Gasteiger partial charge in [-0.1, -0.05) is 0 Å². The van der Waals surface area contributed by atoms with Gasteiger partial charge in [-0.2, -0.15) is 0 Å². The molecule has 0 fully saturated rings. The third-order valence-electron chi connectivity index (χ3n) is 4.06. The van der Waals surface area contributed by atoms with Crippen LogP contribution in [0.3, 0.4) is 0 Å². The number of hydrogen-bond acceptors (Lipinski definition) is 0. The van der Waals surface area contributed by atoms with Crippen LogP contribution in [-0.4, -0.2) is 0 Å². The van der Waals surface area contributed by atoms with Crippen LogP contribution in [0.15, 0.2) is 21.5 Å². The molecule has 1 aliphatic carbocycles. The molecular weight excluding hydrogens is 331 g/mol. The van der Waals surface area contributed by atoms with E-state index in [4.69, 9.17) is 0 Å². The van der Waals surface area contributed by atoms with Crippen molar-refractivity contribution in [2.24, 2.45) is 16.2 Å². The molecule has 0 aliphatic heterocycles. The molecule has 0 bridgehead atoms. The van der Waals surface area contributed by atoms with Crippen molar-refractivity contribution in [1.29, 1.82) is 0 Å². The van der Waals surface area contributed by atoms with Crippen LogP contribution in [0.2, 0.25) is 12.4 Å². The van der Waals surface area contributed by atoms with Gasteiger partial charge in [-0.15, -0.1) is 0 Å². The van der Waals surface area contributed by atoms with E-state index < -0.39 is 20.3 Å². The Bertz CT molecular complexity index is 364. The number of hydrogen-bond donors (Lipinski definition) is 0. The topological polar surface area (TPSA) is 0 Å². The van der Waals surface area contributed by atoms with Gasteiger partial charge >= 0.3 is 139 Å². The predicted molar refractivity (Wildman–Crippen MR) is 94.6 cm³/mol. The minimum atomic E-state index is -2.39. The second kappa shape index (κ2) is 6.47. The maximum atomic E-state index is 2.50. The first-order valence-electron chi connectivity index (χ1n) is 8.59. The Kier molecular flexibility index (Phi) is 5.98. The van der Waals surface area contributed by atoms with Crippen LogP contribution in [0.25, 0.3) is 0 Å². The Labute approximate surface area is 138 Å². The molecule has 1 aliphatic rings. The van der Waals surface area contributed by atoms with Crippen LogP contribution >= 0.6 is 0 Å². The second-order valence-corrected chi connectivity index (χ2v) is 21.3. The molecule has 1 heteroatoms. The summed E-state index contributed by atoms with van der Waals surface area (Å²) in [6.07, 6.45) is 8.45. The van der Waals surface area contributed by atoms with E-state index >= 15 is 0 Å². The van der Waals surface area contributed by atoms with Gasteiger partial charge in [0, 0.05) is 0 Å². The first kappa shape index (κ1) is 19.4. The quantitative estimate of drug-likeness (QED) is 0.485. The van der Waals surface area contributed by atoms with Crippen LogP contribution in [0, 0.1) is 16.2 Å². The third kappa shape index (κ3) is 6.98. The average Bonchev–Trinajstić information content (AvgIpc) is 2.59. The fourth-order valence-corrected chi connectivity index (χ4v) is 24.4. The number of rotatable bonds is 4. The monoisotopic (exact) mass is 368 g/mol. The third-order valence-corrected chi connectivity index (χ3v) is 21.1.